The molecule has 2 rings (SSSR count). The SMILES string of the molecule is CCN(Cc1ccc(OC)c(OC)c1)C(=O)c1cccc(C)c1. The topological polar surface area (TPSA) is 38.8 Å². The molecule has 0 fully saturated rings. The molecule has 0 aliphatic heterocycles. The summed E-state index contributed by atoms with van der Waals surface area (Å²) >= 11 is 0. The first-order valence-electron chi connectivity index (χ1n) is 7.65. The van der Waals surface area contributed by atoms with Crippen molar-refractivity contribution in [3.8, 4) is 11.5 Å². The van der Waals surface area contributed by atoms with Crippen LogP contribution in [0.15, 0.2) is 42.5 Å². The zero-order chi connectivity index (χ0) is 16.8. The maximum Gasteiger partial charge on any atom is 0.254 e. The van der Waals surface area contributed by atoms with Crippen molar-refractivity contribution in [2.45, 2.75) is 20.4 Å². The Hall–Kier alpha value is -2.49. The standard InChI is InChI=1S/C19H23NO3/c1-5-20(19(21)16-8-6-7-14(2)11-16)13-15-9-10-17(22-3)18(12-15)23-4/h6-12H,5,13H2,1-4H3. The molecule has 0 aliphatic rings. The summed E-state index contributed by atoms with van der Waals surface area (Å²) in [5.74, 6) is 1.39. The number of hydrogen-bond acceptors (Lipinski definition) is 3. The number of carbonyl (C=O) groups excluding carboxylic acids is 1. The molecule has 2 aromatic carbocycles. The smallest absolute Gasteiger partial charge is 0.254 e. The average molecular weight is 313 g/mol. The van der Waals surface area contributed by atoms with Crippen LogP contribution in [0.1, 0.15) is 28.4 Å². The summed E-state index contributed by atoms with van der Waals surface area (Å²) in [6, 6.07) is 13.4. The Morgan fingerprint density at radius 2 is 1.78 bits per heavy atom. The molecule has 0 saturated heterocycles. The molecule has 1 amide bonds. The van der Waals surface area contributed by atoms with Crippen LogP contribution in [0.25, 0.3) is 0 Å². The van der Waals surface area contributed by atoms with Crippen molar-refractivity contribution in [1.82, 2.24) is 4.90 Å². The lowest BCUT2D eigenvalue weighted by Gasteiger charge is -2.22. The predicted octanol–water partition coefficient (Wildman–Crippen LogP) is 3.67. The molecule has 0 radical (unpaired) electrons. The van der Waals surface area contributed by atoms with E-state index in [9.17, 15) is 4.79 Å². The summed E-state index contributed by atoms with van der Waals surface area (Å²) in [7, 11) is 3.22. The normalized spacial score (nSPS) is 10.3. The lowest BCUT2D eigenvalue weighted by molar-refractivity contribution is 0.0752. The number of methoxy groups -OCH3 is 2. The van der Waals surface area contributed by atoms with Gasteiger partial charge in [0.15, 0.2) is 11.5 Å². The van der Waals surface area contributed by atoms with Gasteiger partial charge in [-0.05, 0) is 43.7 Å². The Balaban J connectivity index is 2.20. The quantitative estimate of drug-likeness (QED) is 0.816. The van der Waals surface area contributed by atoms with Crippen LogP contribution in [0.4, 0.5) is 0 Å². The molecule has 4 nitrogen and oxygen atoms in total. The summed E-state index contributed by atoms with van der Waals surface area (Å²) in [4.78, 5) is 14.5. The van der Waals surface area contributed by atoms with Crippen molar-refractivity contribution in [2.75, 3.05) is 20.8 Å². The summed E-state index contributed by atoms with van der Waals surface area (Å²) in [6.45, 7) is 5.14. The molecule has 4 heteroatoms. The fourth-order valence-electron chi connectivity index (χ4n) is 2.49. The van der Waals surface area contributed by atoms with Gasteiger partial charge in [-0.1, -0.05) is 23.8 Å². The molecular weight excluding hydrogens is 290 g/mol. The van der Waals surface area contributed by atoms with E-state index in [0.717, 1.165) is 11.1 Å². The molecule has 23 heavy (non-hydrogen) atoms. The van der Waals surface area contributed by atoms with Gasteiger partial charge in [0, 0.05) is 18.7 Å². The van der Waals surface area contributed by atoms with Crippen molar-refractivity contribution < 1.29 is 14.3 Å². The van der Waals surface area contributed by atoms with E-state index in [0.29, 0.717) is 30.2 Å². The van der Waals surface area contributed by atoms with Crippen LogP contribution in [0.5, 0.6) is 11.5 Å². The van der Waals surface area contributed by atoms with Gasteiger partial charge < -0.3 is 14.4 Å². The molecule has 0 spiro atoms. The summed E-state index contributed by atoms with van der Waals surface area (Å²) in [5.41, 5.74) is 2.80. The summed E-state index contributed by atoms with van der Waals surface area (Å²) in [5, 5.41) is 0. The van der Waals surface area contributed by atoms with Gasteiger partial charge >= 0.3 is 0 Å². The largest absolute Gasteiger partial charge is 0.493 e. The van der Waals surface area contributed by atoms with Gasteiger partial charge in [0.1, 0.15) is 0 Å². The van der Waals surface area contributed by atoms with Crippen LogP contribution in [0, 0.1) is 6.92 Å². The molecule has 0 N–H and O–H groups in total. The zero-order valence-electron chi connectivity index (χ0n) is 14.1. The van der Waals surface area contributed by atoms with Crippen LogP contribution in [0.3, 0.4) is 0 Å². The lowest BCUT2D eigenvalue weighted by atomic mass is 10.1. The van der Waals surface area contributed by atoms with Gasteiger partial charge in [0.2, 0.25) is 0 Å². The van der Waals surface area contributed by atoms with Gasteiger partial charge in [0.25, 0.3) is 5.91 Å². The fourth-order valence-corrected chi connectivity index (χ4v) is 2.49. The molecule has 0 bridgehead atoms. The Labute approximate surface area is 137 Å². The molecule has 0 heterocycles. The molecule has 0 aromatic heterocycles. The molecule has 2 aromatic rings. The van der Waals surface area contributed by atoms with E-state index in [2.05, 4.69) is 0 Å². The van der Waals surface area contributed by atoms with E-state index in [1.165, 1.54) is 0 Å². The number of nitrogens with zero attached hydrogens (tertiary/aromatic N) is 1. The first-order chi connectivity index (χ1) is 11.1. The highest BCUT2D eigenvalue weighted by Gasteiger charge is 2.15. The third-order valence-electron chi connectivity index (χ3n) is 3.76. The van der Waals surface area contributed by atoms with Crippen LogP contribution < -0.4 is 9.47 Å². The Morgan fingerprint density at radius 3 is 2.39 bits per heavy atom. The number of hydrogen-bond donors (Lipinski definition) is 0. The van der Waals surface area contributed by atoms with E-state index in [-0.39, 0.29) is 5.91 Å². The van der Waals surface area contributed by atoms with E-state index >= 15 is 0 Å². The molecule has 0 aliphatic carbocycles. The number of amides is 1. The van der Waals surface area contributed by atoms with Crippen molar-refractivity contribution in [1.29, 1.82) is 0 Å². The average Bonchev–Trinajstić information content (AvgIpc) is 2.58. The van der Waals surface area contributed by atoms with E-state index in [1.54, 1.807) is 14.2 Å². The van der Waals surface area contributed by atoms with Crippen molar-refractivity contribution in [3.05, 3.63) is 59.2 Å². The Morgan fingerprint density at radius 1 is 1.04 bits per heavy atom. The highest BCUT2D eigenvalue weighted by atomic mass is 16.5. The van der Waals surface area contributed by atoms with Crippen LogP contribution in [-0.4, -0.2) is 31.6 Å². The number of carbonyl (C=O) groups is 1. The van der Waals surface area contributed by atoms with Gasteiger partial charge in [-0.2, -0.15) is 0 Å². The van der Waals surface area contributed by atoms with Crippen molar-refractivity contribution in [3.63, 3.8) is 0 Å². The van der Waals surface area contributed by atoms with E-state index in [1.807, 2.05) is 61.2 Å². The van der Waals surface area contributed by atoms with Crippen LogP contribution in [-0.2, 0) is 6.54 Å². The number of rotatable bonds is 6. The second-order valence-electron chi connectivity index (χ2n) is 5.38. The molecule has 0 unspecified atom stereocenters. The fraction of sp³-hybridized carbons (Fsp3) is 0.316. The predicted molar refractivity (Wildman–Crippen MR) is 91.1 cm³/mol. The maximum absolute atomic E-state index is 12.7. The maximum atomic E-state index is 12.7. The third kappa shape index (κ3) is 4.03. The zero-order valence-corrected chi connectivity index (χ0v) is 14.1. The van der Waals surface area contributed by atoms with E-state index < -0.39 is 0 Å². The number of ether oxygens (including phenoxy) is 2. The molecule has 122 valence electrons. The minimum absolute atomic E-state index is 0.0333. The van der Waals surface area contributed by atoms with Gasteiger partial charge in [-0.3, -0.25) is 4.79 Å². The van der Waals surface area contributed by atoms with Gasteiger partial charge in [-0.25, -0.2) is 0 Å². The van der Waals surface area contributed by atoms with Crippen LogP contribution in [0.2, 0.25) is 0 Å². The summed E-state index contributed by atoms with van der Waals surface area (Å²) in [6.07, 6.45) is 0. The monoisotopic (exact) mass is 313 g/mol. The Bertz CT molecular complexity index is 682. The molecule has 0 saturated carbocycles. The molecular formula is C19H23NO3. The minimum atomic E-state index is 0.0333. The first kappa shape index (κ1) is 16.9. The van der Waals surface area contributed by atoms with Crippen LogP contribution >= 0.6 is 0 Å². The Kier molecular flexibility index (Phi) is 5.63. The lowest BCUT2D eigenvalue weighted by Crippen LogP contribution is -2.30. The second-order valence-corrected chi connectivity index (χ2v) is 5.38. The number of aryl methyl sites for hydroxylation is 1. The van der Waals surface area contributed by atoms with E-state index in [4.69, 9.17) is 9.47 Å². The highest BCUT2D eigenvalue weighted by Crippen LogP contribution is 2.28. The van der Waals surface area contributed by atoms with Crippen molar-refractivity contribution >= 4 is 5.91 Å². The highest BCUT2D eigenvalue weighted by molar-refractivity contribution is 5.94. The van der Waals surface area contributed by atoms with Gasteiger partial charge in [-0.15, -0.1) is 0 Å². The van der Waals surface area contributed by atoms with Gasteiger partial charge in [0.05, 0.1) is 14.2 Å². The molecule has 0 atom stereocenters. The summed E-state index contributed by atoms with van der Waals surface area (Å²) < 4.78 is 10.6. The van der Waals surface area contributed by atoms with Crippen molar-refractivity contribution in [2.24, 2.45) is 0 Å². The number of benzene rings is 2. The first-order valence-corrected chi connectivity index (χ1v) is 7.65. The minimum Gasteiger partial charge on any atom is -0.493 e. The second kappa shape index (κ2) is 7.68. The third-order valence-corrected chi connectivity index (χ3v) is 3.76.